The predicted molar refractivity (Wildman–Crippen MR) is 75.1 cm³/mol. The molecule has 2 heteroatoms. The summed E-state index contributed by atoms with van der Waals surface area (Å²) in [5.41, 5.74) is 2.58. The number of para-hydroxylation sites is 1. The Morgan fingerprint density at radius 2 is 1.62 bits per heavy atom. The van der Waals surface area contributed by atoms with Gasteiger partial charge in [0.1, 0.15) is 11.5 Å². The largest absolute Gasteiger partial charge is 0.456 e. The first-order valence-corrected chi connectivity index (χ1v) is 6.25. The second-order valence-electron chi connectivity index (χ2n) is 3.73. The van der Waals surface area contributed by atoms with E-state index in [4.69, 9.17) is 4.74 Å². The van der Waals surface area contributed by atoms with Crippen LogP contribution in [-0.2, 0) is 0 Å². The van der Waals surface area contributed by atoms with Gasteiger partial charge in [0, 0.05) is 0 Å². The third-order valence-electron chi connectivity index (χ3n) is 2.59. The van der Waals surface area contributed by atoms with E-state index in [9.17, 15) is 0 Å². The van der Waals surface area contributed by atoms with Gasteiger partial charge < -0.3 is 4.74 Å². The fourth-order valence-electron chi connectivity index (χ4n) is 1.45. The van der Waals surface area contributed by atoms with E-state index in [1.165, 1.54) is 14.7 Å². The van der Waals surface area contributed by atoms with Crippen LogP contribution in [0, 0.1) is 17.4 Å². The molecule has 0 unspecified atom stereocenters. The topological polar surface area (TPSA) is 9.23 Å². The Balaban J connectivity index is 2.33. The third-order valence-corrected chi connectivity index (χ3v) is 3.93. The van der Waals surface area contributed by atoms with Crippen molar-refractivity contribution in [3.05, 3.63) is 57.2 Å². The first-order chi connectivity index (χ1) is 7.68. The van der Waals surface area contributed by atoms with Gasteiger partial charge in [0.2, 0.25) is 0 Å². The van der Waals surface area contributed by atoms with Crippen LogP contribution in [-0.4, -0.2) is 0 Å². The molecular formula is C14H13IO. The van der Waals surface area contributed by atoms with E-state index in [2.05, 4.69) is 42.5 Å². The van der Waals surface area contributed by atoms with Crippen molar-refractivity contribution < 1.29 is 4.74 Å². The van der Waals surface area contributed by atoms with Gasteiger partial charge >= 0.3 is 0 Å². The van der Waals surface area contributed by atoms with Crippen molar-refractivity contribution in [2.75, 3.05) is 0 Å². The van der Waals surface area contributed by atoms with Crippen LogP contribution in [0.15, 0.2) is 42.5 Å². The van der Waals surface area contributed by atoms with E-state index < -0.39 is 0 Å². The SMILES string of the molecule is Cc1ccc(Oc2ccccc2)c(I)c1C. The molecule has 0 radical (unpaired) electrons. The molecular weight excluding hydrogens is 311 g/mol. The lowest BCUT2D eigenvalue weighted by molar-refractivity contribution is 0.478. The van der Waals surface area contributed by atoms with Crippen LogP contribution in [0.4, 0.5) is 0 Å². The number of ether oxygens (including phenoxy) is 1. The fourth-order valence-corrected chi connectivity index (χ4v) is 2.17. The molecule has 1 nitrogen and oxygen atoms in total. The summed E-state index contributed by atoms with van der Waals surface area (Å²) in [5.74, 6) is 1.80. The molecule has 2 rings (SSSR count). The zero-order valence-corrected chi connectivity index (χ0v) is 11.5. The summed E-state index contributed by atoms with van der Waals surface area (Å²) in [4.78, 5) is 0. The minimum atomic E-state index is 0.878. The molecule has 0 atom stereocenters. The van der Waals surface area contributed by atoms with Crippen LogP contribution < -0.4 is 4.74 Å². The van der Waals surface area contributed by atoms with E-state index in [-0.39, 0.29) is 0 Å². The summed E-state index contributed by atoms with van der Waals surface area (Å²) in [7, 11) is 0. The lowest BCUT2D eigenvalue weighted by atomic mass is 10.1. The van der Waals surface area contributed by atoms with Crippen LogP contribution in [0.25, 0.3) is 0 Å². The number of aryl methyl sites for hydroxylation is 1. The summed E-state index contributed by atoms with van der Waals surface area (Å²) in [5, 5.41) is 0. The van der Waals surface area contributed by atoms with Crippen LogP contribution in [0.1, 0.15) is 11.1 Å². The van der Waals surface area contributed by atoms with Gasteiger partial charge in [0.05, 0.1) is 3.57 Å². The average molecular weight is 324 g/mol. The predicted octanol–water partition coefficient (Wildman–Crippen LogP) is 4.70. The first-order valence-electron chi connectivity index (χ1n) is 5.17. The molecule has 2 aromatic rings. The van der Waals surface area contributed by atoms with Crippen LogP contribution in [0.5, 0.6) is 11.5 Å². The van der Waals surface area contributed by atoms with Crippen LogP contribution >= 0.6 is 22.6 Å². The highest BCUT2D eigenvalue weighted by Gasteiger charge is 2.06. The molecule has 0 aromatic heterocycles. The Labute approximate surface area is 110 Å². The monoisotopic (exact) mass is 324 g/mol. The van der Waals surface area contributed by atoms with Crippen molar-refractivity contribution in [2.45, 2.75) is 13.8 Å². The van der Waals surface area contributed by atoms with Gasteiger partial charge in [-0.1, -0.05) is 24.3 Å². The molecule has 16 heavy (non-hydrogen) atoms. The molecule has 0 saturated heterocycles. The van der Waals surface area contributed by atoms with Crippen molar-refractivity contribution in [3.63, 3.8) is 0 Å². The molecule has 0 spiro atoms. The standard InChI is InChI=1S/C14H13IO/c1-10-8-9-13(14(15)11(10)2)16-12-6-4-3-5-7-12/h3-9H,1-2H3. The molecule has 0 saturated carbocycles. The maximum absolute atomic E-state index is 5.84. The zero-order chi connectivity index (χ0) is 11.5. The van der Waals surface area contributed by atoms with Crippen molar-refractivity contribution in [1.29, 1.82) is 0 Å². The van der Waals surface area contributed by atoms with Gasteiger partial charge in [-0.2, -0.15) is 0 Å². The maximum Gasteiger partial charge on any atom is 0.141 e. The lowest BCUT2D eigenvalue weighted by Crippen LogP contribution is -1.92. The quantitative estimate of drug-likeness (QED) is 0.728. The zero-order valence-electron chi connectivity index (χ0n) is 9.33. The van der Waals surface area contributed by atoms with Gasteiger partial charge in [-0.25, -0.2) is 0 Å². The Morgan fingerprint density at radius 1 is 0.938 bits per heavy atom. The molecule has 82 valence electrons. The van der Waals surface area contributed by atoms with Gasteiger partial charge in [-0.15, -0.1) is 0 Å². The summed E-state index contributed by atoms with van der Waals surface area (Å²) in [6.07, 6.45) is 0. The highest BCUT2D eigenvalue weighted by Crippen LogP contribution is 2.30. The van der Waals surface area contributed by atoms with Crippen molar-refractivity contribution in [2.24, 2.45) is 0 Å². The van der Waals surface area contributed by atoms with Crippen LogP contribution in [0.2, 0.25) is 0 Å². The summed E-state index contributed by atoms with van der Waals surface area (Å²) >= 11 is 2.33. The molecule has 0 bridgehead atoms. The molecule has 0 fully saturated rings. The highest BCUT2D eigenvalue weighted by atomic mass is 127. The second kappa shape index (κ2) is 4.87. The van der Waals surface area contributed by atoms with E-state index in [0.717, 1.165) is 11.5 Å². The van der Waals surface area contributed by atoms with E-state index in [0.29, 0.717) is 0 Å². The average Bonchev–Trinajstić information content (AvgIpc) is 2.31. The van der Waals surface area contributed by atoms with E-state index >= 15 is 0 Å². The number of rotatable bonds is 2. The van der Waals surface area contributed by atoms with Gasteiger partial charge in [0.15, 0.2) is 0 Å². The van der Waals surface area contributed by atoms with E-state index in [1.54, 1.807) is 0 Å². The lowest BCUT2D eigenvalue weighted by Gasteiger charge is -2.11. The summed E-state index contributed by atoms with van der Waals surface area (Å²) in [6.45, 7) is 4.23. The smallest absolute Gasteiger partial charge is 0.141 e. The molecule has 0 aliphatic heterocycles. The van der Waals surface area contributed by atoms with Gasteiger partial charge in [-0.3, -0.25) is 0 Å². The summed E-state index contributed by atoms with van der Waals surface area (Å²) in [6, 6.07) is 14.0. The highest BCUT2D eigenvalue weighted by molar-refractivity contribution is 14.1. The van der Waals surface area contributed by atoms with Crippen molar-refractivity contribution in [3.8, 4) is 11.5 Å². The number of halogens is 1. The number of hydrogen-bond donors (Lipinski definition) is 0. The Morgan fingerprint density at radius 3 is 2.31 bits per heavy atom. The van der Waals surface area contributed by atoms with Gasteiger partial charge in [0.25, 0.3) is 0 Å². The fraction of sp³-hybridized carbons (Fsp3) is 0.143. The minimum absolute atomic E-state index is 0.878. The number of hydrogen-bond acceptors (Lipinski definition) is 1. The maximum atomic E-state index is 5.84. The first kappa shape index (κ1) is 11.5. The van der Waals surface area contributed by atoms with Crippen molar-refractivity contribution in [1.82, 2.24) is 0 Å². The Kier molecular flexibility index (Phi) is 3.49. The van der Waals surface area contributed by atoms with Crippen molar-refractivity contribution >= 4 is 22.6 Å². The number of benzene rings is 2. The molecule has 0 heterocycles. The molecule has 0 N–H and O–H groups in total. The molecule has 0 aliphatic carbocycles. The van der Waals surface area contributed by atoms with Gasteiger partial charge in [-0.05, 0) is 65.8 Å². The minimum Gasteiger partial charge on any atom is -0.456 e. The Hall–Kier alpha value is -1.03. The second-order valence-corrected chi connectivity index (χ2v) is 4.81. The molecule has 2 aromatic carbocycles. The molecule has 0 amide bonds. The normalized spacial score (nSPS) is 10.2. The van der Waals surface area contributed by atoms with E-state index in [1.807, 2.05) is 36.4 Å². The third kappa shape index (κ3) is 2.38. The molecule has 0 aliphatic rings. The van der Waals surface area contributed by atoms with Crippen LogP contribution in [0.3, 0.4) is 0 Å². The summed E-state index contributed by atoms with van der Waals surface area (Å²) < 4.78 is 7.02. The Bertz CT molecular complexity index is 492.